The van der Waals surface area contributed by atoms with Crippen molar-refractivity contribution in [1.29, 1.82) is 0 Å². The first kappa shape index (κ1) is 12.5. The zero-order valence-electron chi connectivity index (χ0n) is 10.2. The van der Waals surface area contributed by atoms with Gasteiger partial charge in [-0.2, -0.15) is 0 Å². The second-order valence-electron chi connectivity index (χ2n) is 4.61. The molecule has 0 aliphatic carbocycles. The first-order valence-corrected chi connectivity index (χ1v) is 6.49. The minimum absolute atomic E-state index is 0.334. The van der Waals surface area contributed by atoms with Gasteiger partial charge in [0.2, 0.25) is 0 Å². The first-order chi connectivity index (χ1) is 9.15. The molecule has 1 aliphatic heterocycles. The molecule has 3 rings (SSSR count). The van der Waals surface area contributed by atoms with Crippen molar-refractivity contribution in [1.82, 2.24) is 0 Å². The van der Waals surface area contributed by atoms with Gasteiger partial charge in [-0.25, -0.2) is 4.39 Å². The van der Waals surface area contributed by atoms with Gasteiger partial charge in [0.05, 0.1) is 12.6 Å². The van der Waals surface area contributed by atoms with Crippen LogP contribution in [0.4, 0.5) is 4.39 Å². The zero-order valence-corrected chi connectivity index (χ0v) is 11.0. The largest absolute Gasteiger partial charge is 0.493 e. The topological polar surface area (TPSA) is 35.2 Å². The molecular weight excluding hydrogens is 265 g/mol. The maximum absolute atomic E-state index is 13.3. The zero-order chi connectivity index (χ0) is 13.4. The maximum atomic E-state index is 13.3. The third-order valence-corrected chi connectivity index (χ3v) is 3.71. The van der Waals surface area contributed by atoms with Crippen LogP contribution in [0, 0.1) is 5.82 Å². The van der Waals surface area contributed by atoms with E-state index in [9.17, 15) is 4.39 Å². The van der Waals surface area contributed by atoms with Crippen LogP contribution in [0.2, 0.25) is 5.02 Å². The van der Waals surface area contributed by atoms with E-state index in [1.807, 2.05) is 18.2 Å². The summed E-state index contributed by atoms with van der Waals surface area (Å²) in [6, 6.07) is 9.62. The molecule has 1 aliphatic rings. The summed E-state index contributed by atoms with van der Waals surface area (Å²) in [4.78, 5) is 0. The molecule has 1 atom stereocenters. The summed E-state index contributed by atoms with van der Waals surface area (Å²) in [5, 5.41) is 0.477. The molecule has 1 unspecified atom stereocenters. The van der Waals surface area contributed by atoms with Gasteiger partial charge in [0.1, 0.15) is 11.6 Å². The fraction of sp³-hybridized carbons (Fsp3) is 0.200. The van der Waals surface area contributed by atoms with Gasteiger partial charge in [-0.3, -0.25) is 0 Å². The van der Waals surface area contributed by atoms with Crippen molar-refractivity contribution in [2.24, 2.45) is 5.73 Å². The molecule has 0 aromatic heterocycles. The molecule has 2 aromatic carbocycles. The van der Waals surface area contributed by atoms with Crippen LogP contribution in [0.1, 0.15) is 22.7 Å². The maximum Gasteiger partial charge on any atom is 0.123 e. The van der Waals surface area contributed by atoms with Crippen LogP contribution in [-0.4, -0.2) is 6.61 Å². The van der Waals surface area contributed by atoms with E-state index in [2.05, 4.69) is 0 Å². The highest BCUT2D eigenvalue weighted by atomic mass is 35.5. The van der Waals surface area contributed by atoms with E-state index in [1.165, 1.54) is 18.2 Å². The summed E-state index contributed by atoms with van der Waals surface area (Å²) in [6.45, 7) is 0.703. The molecular formula is C15H13ClFNO. The Balaban J connectivity index is 1.99. The highest BCUT2D eigenvalue weighted by molar-refractivity contribution is 6.31. The average Bonchev–Trinajstić information content (AvgIpc) is 2.88. The van der Waals surface area contributed by atoms with Crippen LogP contribution in [0.3, 0.4) is 0 Å². The van der Waals surface area contributed by atoms with Gasteiger partial charge in [0.25, 0.3) is 0 Å². The quantitative estimate of drug-likeness (QED) is 0.912. The van der Waals surface area contributed by atoms with Gasteiger partial charge in [-0.05, 0) is 41.0 Å². The Morgan fingerprint density at radius 2 is 2.05 bits per heavy atom. The van der Waals surface area contributed by atoms with Gasteiger partial charge in [-0.15, -0.1) is 0 Å². The third kappa shape index (κ3) is 2.31. The lowest BCUT2D eigenvalue weighted by Crippen LogP contribution is -2.13. The van der Waals surface area contributed by atoms with Crippen molar-refractivity contribution >= 4 is 11.6 Å². The molecule has 2 N–H and O–H groups in total. The van der Waals surface area contributed by atoms with Gasteiger partial charge in [0, 0.05) is 11.4 Å². The molecule has 0 amide bonds. The first-order valence-electron chi connectivity index (χ1n) is 6.11. The fourth-order valence-electron chi connectivity index (χ4n) is 2.33. The fourth-order valence-corrected chi connectivity index (χ4v) is 2.57. The second kappa shape index (κ2) is 4.83. The van der Waals surface area contributed by atoms with Crippen LogP contribution in [-0.2, 0) is 6.42 Å². The predicted molar refractivity (Wildman–Crippen MR) is 73.1 cm³/mol. The van der Waals surface area contributed by atoms with E-state index in [-0.39, 0.29) is 5.82 Å². The molecule has 0 bridgehead atoms. The molecule has 98 valence electrons. The molecule has 0 spiro atoms. The SMILES string of the molecule is NC(c1ccc2c(c1)CCO2)c1cc(F)ccc1Cl. The van der Waals surface area contributed by atoms with Crippen molar-refractivity contribution in [3.8, 4) is 5.75 Å². The summed E-state index contributed by atoms with van der Waals surface area (Å²) in [7, 11) is 0. The number of halogens is 2. The molecule has 0 radical (unpaired) electrons. The van der Waals surface area contributed by atoms with E-state index in [4.69, 9.17) is 22.1 Å². The normalized spacial score (nSPS) is 14.9. The number of fused-ring (bicyclic) bond motifs is 1. The molecule has 19 heavy (non-hydrogen) atoms. The van der Waals surface area contributed by atoms with Crippen molar-refractivity contribution in [2.75, 3.05) is 6.61 Å². The van der Waals surface area contributed by atoms with Crippen LogP contribution in [0.25, 0.3) is 0 Å². The van der Waals surface area contributed by atoms with Gasteiger partial charge >= 0.3 is 0 Å². The van der Waals surface area contributed by atoms with Crippen molar-refractivity contribution in [3.05, 3.63) is 63.9 Å². The average molecular weight is 278 g/mol. The lowest BCUT2D eigenvalue weighted by molar-refractivity contribution is 0.357. The van der Waals surface area contributed by atoms with E-state index < -0.39 is 6.04 Å². The molecule has 0 fully saturated rings. The Kier molecular flexibility index (Phi) is 3.17. The number of nitrogens with two attached hydrogens (primary N) is 1. The van der Waals surface area contributed by atoms with Gasteiger partial charge in [0.15, 0.2) is 0 Å². The lowest BCUT2D eigenvalue weighted by Gasteiger charge is -2.15. The van der Waals surface area contributed by atoms with Crippen LogP contribution >= 0.6 is 11.6 Å². The molecule has 1 heterocycles. The Bertz CT molecular complexity index is 630. The minimum Gasteiger partial charge on any atom is -0.493 e. The lowest BCUT2D eigenvalue weighted by atomic mass is 9.97. The van der Waals surface area contributed by atoms with E-state index >= 15 is 0 Å². The van der Waals surface area contributed by atoms with Crippen molar-refractivity contribution in [3.63, 3.8) is 0 Å². The molecule has 4 heteroatoms. The predicted octanol–water partition coefficient (Wildman–Crippen LogP) is 3.46. The van der Waals surface area contributed by atoms with E-state index in [0.717, 1.165) is 23.3 Å². The standard InChI is InChI=1S/C15H13ClFNO/c16-13-3-2-11(17)8-12(13)15(18)10-1-4-14-9(7-10)5-6-19-14/h1-4,7-8,15H,5-6,18H2. The van der Waals surface area contributed by atoms with Crippen LogP contribution in [0.15, 0.2) is 36.4 Å². The van der Waals surface area contributed by atoms with Crippen LogP contribution in [0.5, 0.6) is 5.75 Å². The van der Waals surface area contributed by atoms with Crippen molar-refractivity contribution < 1.29 is 9.13 Å². The Morgan fingerprint density at radius 3 is 2.89 bits per heavy atom. The van der Waals surface area contributed by atoms with Crippen molar-refractivity contribution in [2.45, 2.75) is 12.5 Å². The summed E-state index contributed by atoms with van der Waals surface area (Å²) in [5.41, 5.74) is 8.84. The Hall–Kier alpha value is -1.58. The van der Waals surface area contributed by atoms with Gasteiger partial charge < -0.3 is 10.5 Å². The Morgan fingerprint density at radius 1 is 1.21 bits per heavy atom. The third-order valence-electron chi connectivity index (χ3n) is 3.37. The highest BCUT2D eigenvalue weighted by Crippen LogP contribution is 2.32. The number of hydrogen-bond acceptors (Lipinski definition) is 2. The molecule has 2 nitrogen and oxygen atoms in total. The summed E-state index contributed by atoms with van der Waals surface area (Å²) in [5.74, 6) is 0.570. The van der Waals surface area contributed by atoms with E-state index in [1.54, 1.807) is 0 Å². The van der Waals surface area contributed by atoms with Gasteiger partial charge in [-0.1, -0.05) is 23.7 Å². The highest BCUT2D eigenvalue weighted by Gasteiger charge is 2.17. The number of benzene rings is 2. The number of rotatable bonds is 2. The monoisotopic (exact) mass is 277 g/mol. The van der Waals surface area contributed by atoms with E-state index in [0.29, 0.717) is 17.2 Å². The molecule has 0 saturated carbocycles. The number of ether oxygens (including phenoxy) is 1. The smallest absolute Gasteiger partial charge is 0.123 e. The molecule has 0 saturated heterocycles. The summed E-state index contributed by atoms with van der Waals surface area (Å²) < 4.78 is 18.8. The minimum atomic E-state index is -0.436. The van der Waals surface area contributed by atoms with Crippen LogP contribution < -0.4 is 10.5 Å². The molecule has 2 aromatic rings. The summed E-state index contributed by atoms with van der Waals surface area (Å²) in [6.07, 6.45) is 0.882. The number of hydrogen-bond donors (Lipinski definition) is 1. The second-order valence-corrected chi connectivity index (χ2v) is 5.02. The Labute approximate surface area is 115 Å². The summed E-state index contributed by atoms with van der Waals surface area (Å²) >= 11 is 6.09.